The molecular weight excluding hydrogens is 214 g/mol. The van der Waals surface area contributed by atoms with Crippen molar-refractivity contribution in [2.75, 3.05) is 17.3 Å². The summed E-state index contributed by atoms with van der Waals surface area (Å²) in [6, 6.07) is 1.83. The summed E-state index contributed by atoms with van der Waals surface area (Å²) in [5.41, 5.74) is 2.57. The Balaban J connectivity index is 2.69. The molecule has 5 heteroatoms. The average molecular weight is 237 g/mol. The summed E-state index contributed by atoms with van der Waals surface area (Å²) in [4.78, 5) is 8.67. The first-order chi connectivity index (χ1) is 8.23. The van der Waals surface area contributed by atoms with Crippen molar-refractivity contribution >= 4 is 11.6 Å². The van der Waals surface area contributed by atoms with Crippen LogP contribution in [0.15, 0.2) is 6.07 Å². The van der Waals surface area contributed by atoms with Crippen molar-refractivity contribution in [3.63, 3.8) is 0 Å². The fraction of sp³-hybridized carbons (Fsp3) is 0.667. The first-order valence-corrected chi connectivity index (χ1v) is 6.31. The van der Waals surface area contributed by atoms with Crippen molar-refractivity contribution in [3.8, 4) is 0 Å². The van der Waals surface area contributed by atoms with Crippen LogP contribution in [0.3, 0.4) is 0 Å². The minimum absolute atomic E-state index is 0.656. The lowest BCUT2D eigenvalue weighted by atomic mass is 10.0. The highest BCUT2D eigenvalue weighted by Crippen LogP contribution is 2.13. The highest BCUT2D eigenvalue weighted by Gasteiger charge is 2.06. The first-order valence-electron chi connectivity index (χ1n) is 6.31. The van der Waals surface area contributed by atoms with E-state index < -0.39 is 0 Å². The van der Waals surface area contributed by atoms with E-state index in [0.717, 1.165) is 24.6 Å². The second-order valence-corrected chi connectivity index (χ2v) is 4.12. The number of nitrogen functional groups attached to an aromatic ring is 1. The zero-order valence-electron chi connectivity index (χ0n) is 11.0. The standard InChI is InChI=1S/C12H23N5/c1-4-9(5-2)8-14-11-7-12(17-13)16-10(6-3)15-11/h7,9H,4-6,8,13H2,1-3H3,(H2,14,15,16,17). The van der Waals surface area contributed by atoms with Gasteiger partial charge >= 0.3 is 0 Å². The number of nitrogens with two attached hydrogens (primary N) is 1. The molecule has 4 N–H and O–H groups in total. The third-order valence-electron chi connectivity index (χ3n) is 2.96. The van der Waals surface area contributed by atoms with Gasteiger partial charge in [0.25, 0.3) is 0 Å². The maximum absolute atomic E-state index is 5.38. The second-order valence-electron chi connectivity index (χ2n) is 4.12. The van der Waals surface area contributed by atoms with E-state index in [4.69, 9.17) is 5.84 Å². The Morgan fingerprint density at radius 1 is 1.18 bits per heavy atom. The first kappa shape index (κ1) is 13.7. The summed E-state index contributed by atoms with van der Waals surface area (Å²) >= 11 is 0. The minimum Gasteiger partial charge on any atom is -0.370 e. The smallest absolute Gasteiger partial charge is 0.145 e. The van der Waals surface area contributed by atoms with E-state index in [-0.39, 0.29) is 0 Å². The van der Waals surface area contributed by atoms with Crippen LogP contribution in [0.2, 0.25) is 0 Å². The molecule has 0 fully saturated rings. The number of rotatable bonds is 7. The van der Waals surface area contributed by atoms with Crippen LogP contribution in [0.25, 0.3) is 0 Å². The van der Waals surface area contributed by atoms with Crippen LogP contribution in [-0.4, -0.2) is 16.5 Å². The zero-order valence-corrected chi connectivity index (χ0v) is 11.0. The lowest BCUT2D eigenvalue weighted by Crippen LogP contribution is -2.16. The number of hydrogen-bond donors (Lipinski definition) is 3. The maximum atomic E-state index is 5.38. The van der Waals surface area contributed by atoms with Crippen LogP contribution in [0.4, 0.5) is 11.6 Å². The van der Waals surface area contributed by atoms with E-state index in [2.05, 4.69) is 34.6 Å². The van der Waals surface area contributed by atoms with Gasteiger partial charge in [-0.1, -0.05) is 33.6 Å². The number of nitrogens with one attached hydrogen (secondary N) is 2. The normalized spacial score (nSPS) is 10.6. The largest absolute Gasteiger partial charge is 0.370 e. The molecule has 17 heavy (non-hydrogen) atoms. The van der Waals surface area contributed by atoms with Gasteiger partial charge in [0.1, 0.15) is 17.5 Å². The Morgan fingerprint density at radius 3 is 2.35 bits per heavy atom. The number of anilines is 2. The van der Waals surface area contributed by atoms with Crippen molar-refractivity contribution in [1.29, 1.82) is 0 Å². The van der Waals surface area contributed by atoms with Gasteiger partial charge in [0.15, 0.2) is 0 Å². The van der Waals surface area contributed by atoms with Crippen LogP contribution in [0.1, 0.15) is 39.4 Å². The molecule has 0 aliphatic rings. The summed E-state index contributed by atoms with van der Waals surface area (Å²) in [6.07, 6.45) is 3.16. The number of hydrazine groups is 1. The Hall–Kier alpha value is -1.36. The monoisotopic (exact) mass is 237 g/mol. The molecular formula is C12H23N5. The molecule has 0 radical (unpaired) electrons. The van der Waals surface area contributed by atoms with Crippen LogP contribution in [0, 0.1) is 5.92 Å². The predicted octanol–water partition coefficient (Wildman–Crippen LogP) is 2.17. The maximum Gasteiger partial charge on any atom is 0.145 e. The molecule has 0 amide bonds. The number of hydrogen-bond acceptors (Lipinski definition) is 5. The molecule has 96 valence electrons. The van der Waals surface area contributed by atoms with Crippen molar-refractivity contribution in [2.45, 2.75) is 40.0 Å². The Kier molecular flexibility index (Phi) is 5.69. The average Bonchev–Trinajstić information content (AvgIpc) is 2.39. The van der Waals surface area contributed by atoms with Crippen molar-refractivity contribution in [1.82, 2.24) is 9.97 Å². The summed E-state index contributed by atoms with van der Waals surface area (Å²) in [7, 11) is 0. The van der Waals surface area contributed by atoms with Gasteiger partial charge in [-0.15, -0.1) is 0 Å². The van der Waals surface area contributed by atoms with Crippen LogP contribution in [-0.2, 0) is 6.42 Å². The summed E-state index contributed by atoms with van der Waals surface area (Å²) in [6.45, 7) is 7.39. The molecule has 0 atom stereocenters. The Bertz CT molecular complexity index is 313. The van der Waals surface area contributed by atoms with Crippen molar-refractivity contribution in [3.05, 3.63) is 11.9 Å². The molecule has 5 nitrogen and oxygen atoms in total. The third kappa shape index (κ3) is 4.19. The molecule has 0 unspecified atom stereocenters. The van der Waals surface area contributed by atoms with Gasteiger partial charge < -0.3 is 10.7 Å². The molecule has 0 aliphatic carbocycles. The van der Waals surface area contributed by atoms with Gasteiger partial charge in [-0.2, -0.15) is 0 Å². The molecule has 0 aliphatic heterocycles. The fourth-order valence-electron chi connectivity index (χ4n) is 1.65. The SMILES string of the molecule is CCc1nc(NN)cc(NCC(CC)CC)n1. The van der Waals surface area contributed by atoms with Crippen LogP contribution < -0.4 is 16.6 Å². The van der Waals surface area contributed by atoms with E-state index in [1.54, 1.807) is 0 Å². The van der Waals surface area contributed by atoms with Crippen LogP contribution >= 0.6 is 0 Å². The van der Waals surface area contributed by atoms with Gasteiger partial charge in [-0.3, -0.25) is 0 Å². The molecule has 0 aromatic carbocycles. The van der Waals surface area contributed by atoms with Crippen molar-refractivity contribution < 1.29 is 0 Å². The quantitative estimate of drug-likeness (QED) is 0.500. The van der Waals surface area contributed by atoms with Gasteiger partial charge in [0.05, 0.1) is 0 Å². The third-order valence-corrected chi connectivity index (χ3v) is 2.96. The predicted molar refractivity (Wildman–Crippen MR) is 71.8 cm³/mol. The fourth-order valence-corrected chi connectivity index (χ4v) is 1.65. The molecule has 0 spiro atoms. The van der Waals surface area contributed by atoms with E-state index in [1.807, 2.05) is 13.0 Å². The summed E-state index contributed by atoms with van der Waals surface area (Å²) in [5, 5.41) is 3.35. The highest BCUT2D eigenvalue weighted by molar-refractivity contribution is 5.46. The highest BCUT2D eigenvalue weighted by atomic mass is 15.3. The molecule has 1 rings (SSSR count). The number of aryl methyl sites for hydroxylation is 1. The Labute approximate surface area is 103 Å². The lowest BCUT2D eigenvalue weighted by Gasteiger charge is -2.14. The van der Waals surface area contributed by atoms with E-state index >= 15 is 0 Å². The van der Waals surface area contributed by atoms with Crippen molar-refractivity contribution in [2.24, 2.45) is 11.8 Å². The summed E-state index contributed by atoms with van der Waals surface area (Å²) in [5.74, 6) is 8.37. The second kappa shape index (κ2) is 7.06. The Morgan fingerprint density at radius 2 is 1.82 bits per heavy atom. The van der Waals surface area contributed by atoms with Gasteiger partial charge in [0, 0.05) is 19.0 Å². The number of aromatic nitrogens is 2. The molecule has 0 bridgehead atoms. The van der Waals surface area contributed by atoms with E-state index in [0.29, 0.717) is 11.7 Å². The molecule has 1 aromatic heterocycles. The summed E-state index contributed by atoms with van der Waals surface area (Å²) < 4.78 is 0. The molecule has 0 saturated carbocycles. The van der Waals surface area contributed by atoms with Gasteiger partial charge in [-0.05, 0) is 5.92 Å². The molecule has 1 aromatic rings. The van der Waals surface area contributed by atoms with E-state index in [1.165, 1.54) is 12.8 Å². The number of nitrogens with zero attached hydrogens (tertiary/aromatic N) is 2. The molecule has 0 saturated heterocycles. The minimum atomic E-state index is 0.656. The van der Waals surface area contributed by atoms with Crippen LogP contribution in [0.5, 0.6) is 0 Å². The van der Waals surface area contributed by atoms with Gasteiger partial charge in [-0.25, -0.2) is 15.8 Å². The van der Waals surface area contributed by atoms with Gasteiger partial charge in [0.2, 0.25) is 0 Å². The molecule has 1 heterocycles. The van der Waals surface area contributed by atoms with E-state index in [9.17, 15) is 0 Å². The zero-order chi connectivity index (χ0) is 12.7. The topological polar surface area (TPSA) is 75.9 Å². The lowest BCUT2D eigenvalue weighted by molar-refractivity contribution is 0.518.